The Labute approximate surface area is 212 Å². The smallest absolute Gasteiger partial charge is 0.286 e. The summed E-state index contributed by atoms with van der Waals surface area (Å²) >= 11 is 13.7. The van der Waals surface area contributed by atoms with Crippen molar-refractivity contribution in [1.29, 1.82) is 0 Å². The lowest BCUT2D eigenvalue weighted by atomic mass is 10.1. The van der Waals surface area contributed by atoms with Gasteiger partial charge in [0, 0.05) is 26.3 Å². The first-order valence-corrected chi connectivity index (χ1v) is 13.3. The van der Waals surface area contributed by atoms with E-state index in [9.17, 15) is 8.42 Å². The fourth-order valence-electron chi connectivity index (χ4n) is 3.26. The first kappa shape index (κ1) is 24.3. The minimum absolute atomic E-state index is 0.0257. The summed E-state index contributed by atoms with van der Waals surface area (Å²) in [5.74, 6) is 0.237. The molecule has 1 heterocycles. The molecule has 0 aliphatic carbocycles. The molecule has 2 N–H and O–H groups in total. The van der Waals surface area contributed by atoms with Crippen molar-refractivity contribution in [3.05, 3.63) is 100 Å². The molecule has 4 aromatic rings. The zero-order valence-electron chi connectivity index (χ0n) is 18.0. The van der Waals surface area contributed by atoms with E-state index in [4.69, 9.17) is 28.9 Å². The van der Waals surface area contributed by atoms with Crippen molar-refractivity contribution in [2.24, 2.45) is 10.1 Å². The van der Waals surface area contributed by atoms with Crippen LogP contribution in [0.15, 0.2) is 93.2 Å². The van der Waals surface area contributed by atoms with E-state index < -0.39 is 10.0 Å². The normalized spacial score (nSPS) is 12.1. The standard InChI is InChI=1S/C24H20Cl2N4O2S2/c1-16-12-23(22(14-20(16)26)33-15-17-6-5-9-19(25)13-17)34(31,32)29-24(27)30-21(10-11-28-30)18-7-3-2-4-8-18/h2-14H,15H2,1H3,(H2,27,29). The maximum absolute atomic E-state index is 13.3. The highest BCUT2D eigenvalue weighted by Crippen LogP contribution is 2.35. The number of aromatic nitrogens is 2. The van der Waals surface area contributed by atoms with Gasteiger partial charge < -0.3 is 5.73 Å². The van der Waals surface area contributed by atoms with Crippen molar-refractivity contribution in [2.45, 2.75) is 22.5 Å². The summed E-state index contributed by atoms with van der Waals surface area (Å²) in [6.45, 7) is 1.74. The van der Waals surface area contributed by atoms with E-state index in [0.717, 1.165) is 11.1 Å². The predicted molar refractivity (Wildman–Crippen MR) is 139 cm³/mol. The first-order valence-electron chi connectivity index (χ1n) is 10.1. The lowest BCUT2D eigenvalue weighted by Gasteiger charge is -2.12. The zero-order chi connectivity index (χ0) is 24.3. The van der Waals surface area contributed by atoms with Crippen molar-refractivity contribution in [1.82, 2.24) is 9.78 Å². The SMILES string of the molecule is Cc1cc(S(=O)(=O)N=C(N)n2nccc2-c2ccccc2)c(SCc2cccc(Cl)c2)cc1Cl. The van der Waals surface area contributed by atoms with E-state index in [1.165, 1.54) is 28.7 Å². The number of nitrogens with zero attached hydrogens (tertiary/aromatic N) is 3. The molecule has 0 aliphatic rings. The van der Waals surface area contributed by atoms with Crippen LogP contribution in [0, 0.1) is 6.92 Å². The quantitative estimate of drug-likeness (QED) is 0.187. The molecule has 0 saturated carbocycles. The molecule has 0 unspecified atom stereocenters. The molecule has 0 atom stereocenters. The lowest BCUT2D eigenvalue weighted by molar-refractivity contribution is 0.595. The Morgan fingerprint density at radius 2 is 1.82 bits per heavy atom. The third kappa shape index (κ3) is 5.47. The van der Waals surface area contributed by atoms with Crippen LogP contribution in [0.25, 0.3) is 11.3 Å². The van der Waals surface area contributed by atoms with Crippen molar-refractivity contribution >= 4 is 50.9 Å². The second-order valence-corrected chi connectivity index (χ2v) is 10.8. The molecule has 6 nitrogen and oxygen atoms in total. The van der Waals surface area contributed by atoms with Crippen molar-refractivity contribution in [3.63, 3.8) is 0 Å². The highest BCUT2D eigenvalue weighted by Gasteiger charge is 2.22. The van der Waals surface area contributed by atoms with Crippen LogP contribution in [0.5, 0.6) is 0 Å². The molecule has 0 bridgehead atoms. The second kappa shape index (κ2) is 10.2. The number of nitrogens with two attached hydrogens (primary N) is 1. The molecule has 4 rings (SSSR count). The number of halogens is 2. The van der Waals surface area contributed by atoms with Gasteiger partial charge in [0.15, 0.2) is 0 Å². The van der Waals surface area contributed by atoms with E-state index >= 15 is 0 Å². The molecular formula is C24H20Cl2N4O2S2. The fraction of sp³-hybridized carbons (Fsp3) is 0.0833. The van der Waals surface area contributed by atoms with Crippen molar-refractivity contribution in [2.75, 3.05) is 0 Å². The van der Waals surface area contributed by atoms with Gasteiger partial charge in [-0.2, -0.15) is 18.2 Å². The number of sulfonamides is 1. The summed E-state index contributed by atoms with van der Waals surface area (Å²) in [4.78, 5) is 0.494. The average Bonchev–Trinajstić information content (AvgIpc) is 3.30. The Morgan fingerprint density at radius 1 is 1.06 bits per heavy atom. The predicted octanol–water partition coefficient (Wildman–Crippen LogP) is 6.01. The molecule has 0 amide bonds. The third-order valence-electron chi connectivity index (χ3n) is 4.93. The maximum atomic E-state index is 13.3. The average molecular weight is 531 g/mol. The molecule has 34 heavy (non-hydrogen) atoms. The summed E-state index contributed by atoms with van der Waals surface area (Å²) in [5.41, 5.74) is 9.14. The van der Waals surface area contributed by atoms with Crippen molar-refractivity contribution in [3.8, 4) is 11.3 Å². The summed E-state index contributed by atoms with van der Waals surface area (Å²) in [7, 11) is -4.17. The van der Waals surface area contributed by atoms with E-state index in [2.05, 4.69) is 9.50 Å². The van der Waals surface area contributed by atoms with Crippen molar-refractivity contribution < 1.29 is 8.42 Å². The van der Waals surface area contributed by atoms with Crippen LogP contribution in [0.4, 0.5) is 0 Å². The van der Waals surface area contributed by atoms with Gasteiger partial charge in [-0.05, 0) is 48.4 Å². The van der Waals surface area contributed by atoms with Gasteiger partial charge in [0.2, 0.25) is 5.96 Å². The Bertz CT molecular complexity index is 1470. The Hall–Kier alpha value is -2.78. The Kier molecular flexibility index (Phi) is 7.33. The third-order valence-corrected chi connectivity index (χ3v) is 8.15. The molecule has 174 valence electrons. The molecule has 0 radical (unpaired) electrons. The van der Waals surface area contributed by atoms with Gasteiger partial charge in [-0.1, -0.05) is 65.7 Å². The van der Waals surface area contributed by atoms with Crippen LogP contribution in [0.3, 0.4) is 0 Å². The van der Waals surface area contributed by atoms with E-state index in [1.54, 1.807) is 25.1 Å². The lowest BCUT2D eigenvalue weighted by Crippen LogP contribution is -2.26. The van der Waals surface area contributed by atoms with Crippen LogP contribution in [-0.4, -0.2) is 24.2 Å². The summed E-state index contributed by atoms with van der Waals surface area (Å²) < 4.78 is 31.9. The fourth-order valence-corrected chi connectivity index (χ4v) is 6.16. The van der Waals surface area contributed by atoms with Gasteiger partial charge in [0.25, 0.3) is 10.0 Å². The molecular weight excluding hydrogens is 511 g/mol. The first-order chi connectivity index (χ1) is 16.2. The van der Waals surface area contributed by atoms with E-state index in [0.29, 0.717) is 32.0 Å². The largest absolute Gasteiger partial charge is 0.367 e. The van der Waals surface area contributed by atoms with Gasteiger partial charge in [-0.3, -0.25) is 0 Å². The molecule has 1 aromatic heterocycles. The summed E-state index contributed by atoms with van der Waals surface area (Å²) in [6, 6.07) is 21.6. The molecule has 0 saturated heterocycles. The van der Waals surface area contributed by atoms with Gasteiger partial charge in [-0.15, -0.1) is 16.2 Å². The molecule has 10 heteroatoms. The number of hydrogen-bond donors (Lipinski definition) is 1. The number of rotatable bonds is 6. The van der Waals surface area contributed by atoms with Crippen LogP contribution >= 0.6 is 35.0 Å². The van der Waals surface area contributed by atoms with Crippen LogP contribution < -0.4 is 5.73 Å². The van der Waals surface area contributed by atoms with Gasteiger partial charge in [-0.25, -0.2) is 0 Å². The Morgan fingerprint density at radius 3 is 2.56 bits per heavy atom. The number of aryl methyl sites for hydroxylation is 1. The monoisotopic (exact) mass is 530 g/mol. The second-order valence-electron chi connectivity index (χ2n) is 7.39. The molecule has 0 aliphatic heterocycles. The maximum Gasteiger partial charge on any atom is 0.286 e. The summed E-state index contributed by atoms with van der Waals surface area (Å²) in [5, 5.41) is 5.24. The van der Waals surface area contributed by atoms with Crippen LogP contribution in [0.1, 0.15) is 11.1 Å². The van der Waals surface area contributed by atoms with Crippen LogP contribution in [0.2, 0.25) is 10.0 Å². The number of hydrogen-bond acceptors (Lipinski definition) is 4. The van der Waals surface area contributed by atoms with E-state index in [1.807, 2.05) is 48.5 Å². The van der Waals surface area contributed by atoms with Gasteiger partial charge in [0.05, 0.1) is 11.9 Å². The minimum Gasteiger partial charge on any atom is -0.367 e. The Balaban J connectivity index is 1.70. The molecule has 3 aromatic carbocycles. The highest BCUT2D eigenvalue weighted by molar-refractivity contribution is 7.99. The van der Waals surface area contributed by atoms with Gasteiger partial charge >= 0.3 is 0 Å². The van der Waals surface area contributed by atoms with Gasteiger partial charge in [0.1, 0.15) is 4.90 Å². The van der Waals surface area contributed by atoms with E-state index in [-0.39, 0.29) is 10.9 Å². The molecule has 0 spiro atoms. The summed E-state index contributed by atoms with van der Waals surface area (Å²) in [6.07, 6.45) is 1.54. The topological polar surface area (TPSA) is 90.3 Å². The zero-order valence-corrected chi connectivity index (χ0v) is 21.2. The van der Waals surface area contributed by atoms with Crippen LogP contribution in [-0.2, 0) is 15.8 Å². The number of benzene rings is 3. The molecule has 0 fully saturated rings. The minimum atomic E-state index is -4.17. The highest BCUT2D eigenvalue weighted by atomic mass is 35.5. The number of thioether (sulfide) groups is 1.